The molecule has 2 amide bonds. The first kappa shape index (κ1) is 17.0. The molecule has 0 saturated heterocycles. The van der Waals surface area contributed by atoms with E-state index in [0.29, 0.717) is 6.54 Å². The van der Waals surface area contributed by atoms with Gasteiger partial charge in [-0.2, -0.15) is 5.10 Å². The Balaban J connectivity index is 1.82. The van der Waals surface area contributed by atoms with Crippen LogP contribution in [0.5, 0.6) is 0 Å². The van der Waals surface area contributed by atoms with Crippen molar-refractivity contribution in [3.05, 3.63) is 48.3 Å². The number of methoxy groups -OCH3 is 1. The van der Waals surface area contributed by atoms with Gasteiger partial charge in [-0.25, -0.2) is 9.48 Å². The first-order valence-corrected chi connectivity index (χ1v) is 7.35. The SMILES string of the molecule is COC[C@@H](O)CN(C)C(=O)NCc1ccc(-n2cccn2)cc1. The van der Waals surface area contributed by atoms with Crippen molar-refractivity contribution in [2.75, 3.05) is 27.3 Å². The lowest BCUT2D eigenvalue weighted by atomic mass is 10.2. The average molecular weight is 318 g/mol. The smallest absolute Gasteiger partial charge is 0.317 e. The van der Waals surface area contributed by atoms with Crippen LogP contribution in [0.4, 0.5) is 4.79 Å². The number of carbonyl (C=O) groups is 1. The highest BCUT2D eigenvalue weighted by Crippen LogP contribution is 2.08. The van der Waals surface area contributed by atoms with Gasteiger partial charge in [-0.15, -0.1) is 0 Å². The molecule has 2 aromatic rings. The van der Waals surface area contributed by atoms with Gasteiger partial charge in [0.2, 0.25) is 0 Å². The molecule has 1 aromatic heterocycles. The summed E-state index contributed by atoms with van der Waals surface area (Å²) in [5, 5.41) is 16.6. The Kier molecular flexibility index (Phi) is 6.13. The van der Waals surface area contributed by atoms with Gasteiger partial charge in [-0.3, -0.25) is 0 Å². The third-order valence-corrected chi connectivity index (χ3v) is 3.34. The summed E-state index contributed by atoms with van der Waals surface area (Å²) in [6.07, 6.45) is 2.91. The van der Waals surface area contributed by atoms with Crippen LogP contribution in [-0.2, 0) is 11.3 Å². The Bertz CT molecular complexity index is 598. The number of carbonyl (C=O) groups excluding carboxylic acids is 1. The molecule has 0 radical (unpaired) electrons. The zero-order valence-corrected chi connectivity index (χ0v) is 13.3. The van der Waals surface area contributed by atoms with E-state index in [9.17, 15) is 9.90 Å². The molecule has 1 heterocycles. The zero-order valence-electron chi connectivity index (χ0n) is 13.3. The number of hydrogen-bond acceptors (Lipinski definition) is 4. The van der Waals surface area contributed by atoms with Crippen molar-refractivity contribution < 1.29 is 14.6 Å². The zero-order chi connectivity index (χ0) is 16.7. The third-order valence-electron chi connectivity index (χ3n) is 3.34. The summed E-state index contributed by atoms with van der Waals surface area (Å²) in [7, 11) is 3.14. The van der Waals surface area contributed by atoms with Crippen LogP contribution in [0.15, 0.2) is 42.7 Å². The van der Waals surface area contributed by atoms with Crippen LogP contribution in [0.2, 0.25) is 0 Å². The van der Waals surface area contributed by atoms with Crippen molar-refractivity contribution in [1.82, 2.24) is 20.0 Å². The maximum atomic E-state index is 12.0. The molecule has 0 fully saturated rings. The van der Waals surface area contributed by atoms with Gasteiger partial charge < -0.3 is 20.1 Å². The van der Waals surface area contributed by atoms with Crippen molar-refractivity contribution in [2.45, 2.75) is 12.6 Å². The summed E-state index contributed by atoms with van der Waals surface area (Å²) < 4.78 is 6.61. The molecule has 7 nitrogen and oxygen atoms in total. The summed E-state index contributed by atoms with van der Waals surface area (Å²) in [5.41, 5.74) is 1.95. The van der Waals surface area contributed by atoms with Gasteiger partial charge in [0.05, 0.1) is 24.9 Å². The fourth-order valence-corrected chi connectivity index (χ4v) is 2.14. The topological polar surface area (TPSA) is 79.6 Å². The van der Waals surface area contributed by atoms with E-state index in [0.717, 1.165) is 11.3 Å². The number of aliphatic hydroxyl groups excluding tert-OH is 1. The Morgan fingerprint density at radius 1 is 1.43 bits per heavy atom. The Morgan fingerprint density at radius 2 is 2.17 bits per heavy atom. The van der Waals surface area contributed by atoms with E-state index < -0.39 is 6.10 Å². The molecule has 0 aliphatic carbocycles. The molecule has 0 bridgehead atoms. The predicted molar refractivity (Wildman–Crippen MR) is 86.3 cm³/mol. The Labute approximate surface area is 135 Å². The van der Waals surface area contributed by atoms with Gasteiger partial charge in [0.25, 0.3) is 0 Å². The maximum Gasteiger partial charge on any atom is 0.317 e. The number of nitrogens with zero attached hydrogens (tertiary/aromatic N) is 3. The summed E-state index contributed by atoms with van der Waals surface area (Å²) in [5.74, 6) is 0. The molecule has 0 saturated carbocycles. The second-order valence-corrected chi connectivity index (χ2v) is 5.27. The van der Waals surface area contributed by atoms with Crippen molar-refractivity contribution in [3.8, 4) is 5.69 Å². The number of nitrogens with one attached hydrogen (secondary N) is 1. The molecular weight excluding hydrogens is 296 g/mol. The van der Waals surface area contributed by atoms with Crippen molar-refractivity contribution in [2.24, 2.45) is 0 Å². The van der Waals surface area contributed by atoms with Crippen molar-refractivity contribution in [3.63, 3.8) is 0 Å². The fraction of sp³-hybridized carbons (Fsp3) is 0.375. The average Bonchev–Trinajstić information content (AvgIpc) is 3.07. The van der Waals surface area contributed by atoms with Crippen molar-refractivity contribution >= 4 is 6.03 Å². The molecule has 1 aromatic carbocycles. The lowest BCUT2D eigenvalue weighted by Gasteiger charge is -2.21. The van der Waals surface area contributed by atoms with Crippen LogP contribution < -0.4 is 5.32 Å². The molecule has 0 unspecified atom stereocenters. The highest BCUT2D eigenvalue weighted by Gasteiger charge is 2.13. The number of aliphatic hydroxyl groups is 1. The van der Waals surface area contributed by atoms with E-state index in [1.54, 1.807) is 17.9 Å². The van der Waals surface area contributed by atoms with Crippen LogP contribution >= 0.6 is 0 Å². The minimum atomic E-state index is -0.691. The lowest BCUT2D eigenvalue weighted by molar-refractivity contribution is 0.0489. The number of amides is 2. The van der Waals surface area contributed by atoms with E-state index in [4.69, 9.17) is 4.74 Å². The predicted octanol–water partition coefficient (Wildman–Crippen LogP) is 1.02. The minimum Gasteiger partial charge on any atom is -0.389 e. The van der Waals surface area contributed by atoms with Crippen LogP contribution in [0, 0.1) is 0 Å². The molecule has 1 atom stereocenters. The van der Waals surface area contributed by atoms with Crippen LogP contribution in [0.25, 0.3) is 5.69 Å². The number of ether oxygens (including phenoxy) is 1. The highest BCUT2D eigenvalue weighted by atomic mass is 16.5. The van der Waals surface area contributed by atoms with Crippen LogP contribution in [-0.4, -0.2) is 59.2 Å². The molecule has 7 heteroatoms. The second-order valence-electron chi connectivity index (χ2n) is 5.27. The van der Waals surface area contributed by atoms with E-state index >= 15 is 0 Å². The standard InChI is InChI=1S/C16H22N4O3/c1-19(11-15(21)12-23-2)16(22)17-10-13-4-6-14(7-5-13)20-9-3-8-18-20/h3-9,15,21H,10-12H2,1-2H3,(H,17,22)/t15-/m0/s1. The Hall–Kier alpha value is -2.38. The monoisotopic (exact) mass is 318 g/mol. The van der Waals surface area contributed by atoms with Gasteiger partial charge in [0.1, 0.15) is 0 Å². The quantitative estimate of drug-likeness (QED) is 0.799. The first-order valence-electron chi connectivity index (χ1n) is 7.35. The summed E-state index contributed by atoms with van der Waals surface area (Å²) in [4.78, 5) is 13.4. The lowest BCUT2D eigenvalue weighted by Crippen LogP contribution is -2.42. The molecule has 2 rings (SSSR count). The fourth-order valence-electron chi connectivity index (χ4n) is 2.14. The van der Waals surface area contributed by atoms with E-state index in [1.165, 1.54) is 12.0 Å². The normalized spacial score (nSPS) is 12.0. The van der Waals surface area contributed by atoms with Gasteiger partial charge in [-0.05, 0) is 23.8 Å². The minimum absolute atomic E-state index is 0.201. The number of benzene rings is 1. The highest BCUT2D eigenvalue weighted by molar-refractivity contribution is 5.73. The molecule has 23 heavy (non-hydrogen) atoms. The molecular formula is C16H22N4O3. The van der Waals surface area contributed by atoms with E-state index in [-0.39, 0.29) is 19.2 Å². The largest absolute Gasteiger partial charge is 0.389 e. The Morgan fingerprint density at radius 3 is 2.78 bits per heavy atom. The van der Waals surface area contributed by atoms with Gasteiger partial charge in [0, 0.05) is 33.1 Å². The third kappa shape index (κ3) is 5.08. The summed E-state index contributed by atoms with van der Waals surface area (Å²) >= 11 is 0. The number of urea groups is 1. The van der Waals surface area contributed by atoms with Crippen molar-refractivity contribution in [1.29, 1.82) is 0 Å². The van der Waals surface area contributed by atoms with Crippen LogP contribution in [0.3, 0.4) is 0 Å². The maximum absolute atomic E-state index is 12.0. The molecule has 2 N–H and O–H groups in total. The summed E-state index contributed by atoms with van der Waals surface area (Å²) in [6, 6.07) is 9.40. The molecule has 0 spiro atoms. The van der Waals surface area contributed by atoms with Gasteiger partial charge in [-0.1, -0.05) is 12.1 Å². The first-order chi connectivity index (χ1) is 11.1. The molecule has 0 aliphatic heterocycles. The van der Waals surface area contributed by atoms with Gasteiger partial charge in [0.15, 0.2) is 0 Å². The number of rotatable bonds is 7. The molecule has 124 valence electrons. The van der Waals surface area contributed by atoms with Gasteiger partial charge >= 0.3 is 6.03 Å². The number of aromatic nitrogens is 2. The number of hydrogen-bond donors (Lipinski definition) is 2. The van der Waals surface area contributed by atoms with E-state index in [1.807, 2.05) is 36.5 Å². The molecule has 0 aliphatic rings. The summed E-state index contributed by atoms with van der Waals surface area (Å²) in [6.45, 7) is 0.841. The van der Waals surface area contributed by atoms with Crippen LogP contribution in [0.1, 0.15) is 5.56 Å². The number of likely N-dealkylation sites (N-methyl/N-ethyl adjacent to an activating group) is 1. The second kappa shape index (κ2) is 8.30. The van der Waals surface area contributed by atoms with E-state index in [2.05, 4.69) is 10.4 Å².